The maximum Gasteiger partial charge on any atom is 0.337 e. The summed E-state index contributed by atoms with van der Waals surface area (Å²) in [7, 11) is 1.27. The van der Waals surface area contributed by atoms with E-state index in [0.29, 0.717) is 28.0 Å². The van der Waals surface area contributed by atoms with E-state index in [1.807, 2.05) is 0 Å². The predicted octanol–water partition coefficient (Wildman–Crippen LogP) is 2.87. The van der Waals surface area contributed by atoms with Crippen LogP contribution in [0.4, 0.5) is 11.4 Å². The highest BCUT2D eigenvalue weighted by molar-refractivity contribution is 6.35. The molecule has 1 N–H and O–H groups in total. The number of amides is 1. The van der Waals surface area contributed by atoms with Crippen LogP contribution in [0.15, 0.2) is 42.5 Å². The minimum atomic E-state index is -0.511. The number of methoxy groups -OCH3 is 1. The van der Waals surface area contributed by atoms with Crippen LogP contribution in [0.25, 0.3) is 11.6 Å². The fraction of sp³-hybridized carbons (Fsp3) is 0.0588. The highest BCUT2D eigenvalue weighted by atomic mass is 16.6. The third-order valence-corrected chi connectivity index (χ3v) is 3.66. The van der Waals surface area contributed by atoms with E-state index in [1.165, 1.54) is 31.4 Å². The number of hydrogen-bond acceptors (Lipinski definition) is 5. The van der Waals surface area contributed by atoms with E-state index in [2.05, 4.69) is 10.1 Å². The van der Waals surface area contributed by atoms with E-state index in [9.17, 15) is 19.7 Å². The standard InChI is InChI=1S/C17H12N2O5/c1-24-17(21)11-6-7-12-13(16(20)18-14(12)9-11)8-10-4-2-3-5-15(10)19(22)23/h2-9H,1H3,(H,18,20)/b13-8-. The maximum absolute atomic E-state index is 12.2. The molecule has 7 heteroatoms. The van der Waals surface area contributed by atoms with E-state index >= 15 is 0 Å². The largest absolute Gasteiger partial charge is 0.465 e. The third kappa shape index (κ3) is 2.63. The van der Waals surface area contributed by atoms with Crippen LogP contribution in [0.3, 0.4) is 0 Å². The summed E-state index contributed by atoms with van der Waals surface area (Å²) < 4.78 is 4.65. The van der Waals surface area contributed by atoms with Crippen LogP contribution in [-0.2, 0) is 9.53 Å². The zero-order valence-electron chi connectivity index (χ0n) is 12.6. The summed E-state index contributed by atoms with van der Waals surface area (Å²) in [6.07, 6.45) is 1.47. The predicted molar refractivity (Wildman–Crippen MR) is 87.4 cm³/mol. The second-order valence-electron chi connectivity index (χ2n) is 5.08. The number of carbonyl (C=O) groups excluding carboxylic acids is 2. The van der Waals surface area contributed by atoms with Crippen LogP contribution in [0.1, 0.15) is 21.5 Å². The molecule has 1 amide bonds. The van der Waals surface area contributed by atoms with Crippen LogP contribution in [0.2, 0.25) is 0 Å². The second-order valence-corrected chi connectivity index (χ2v) is 5.08. The number of nitro groups is 1. The molecule has 0 radical (unpaired) electrons. The van der Waals surface area contributed by atoms with Crippen molar-refractivity contribution in [3.05, 3.63) is 69.3 Å². The van der Waals surface area contributed by atoms with Gasteiger partial charge in [-0.2, -0.15) is 0 Å². The molecule has 1 aliphatic heterocycles. The Bertz CT molecular complexity index is 902. The van der Waals surface area contributed by atoms with Crippen LogP contribution in [0.5, 0.6) is 0 Å². The van der Waals surface area contributed by atoms with Gasteiger partial charge in [-0.3, -0.25) is 14.9 Å². The lowest BCUT2D eigenvalue weighted by Crippen LogP contribution is -2.04. The minimum Gasteiger partial charge on any atom is -0.465 e. The van der Waals surface area contributed by atoms with Gasteiger partial charge in [-0.1, -0.05) is 18.2 Å². The SMILES string of the molecule is COC(=O)c1ccc2c(c1)NC(=O)/C2=C\c1ccccc1[N+](=O)[O-]. The fourth-order valence-electron chi connectivity index (χ4n) is 2.51. The summed E-state index contributed by atoms with van der Waals surface area (Å²) in [6, 6.07) is 10.8. The Labute approximate surface area is 136 Å². The molecule has 0 unspecified atom stereocenters. The monoisotopic (exact) mass is 324 g/mol. The molecule has 0 spiro atoms. The van der Waals surface area contributed by atoms with E-state index in [-0.39, 0.29) is 11.6 Å². The van der Waals surface area contributed by atoms with Gasteiger partial charge < -0.3 is 10.1 Å². The fourth-order valence-corrected chi connectivity index (χ4v) is 2.51. The van der Waals surface area contributed by atoms with Crippen LogP contribution >= 0.6 is 0 Å². The lowest BCUT2D eigenvalue weighted by atomic mass is 10.0. The molecule has 2 aromatic rings. The van der Waals surface area contributed by atoms with Crippen molar-refractivity contribution in [1.82, 2.24) is 0 Å². The number of rotatable bonds is 3. The summed E-state index contributed by atoms with van der Waals surface area (Å²) >= 11 is 0. The minimum absolute atomic E-state index is 0.0857. The molecule has 3 rings (SSSR count). The number of nitrogens with one attached hydrogen (secondary N) is 1. The molecule has 0 atom stereocenters. The van der Waals surface area contributed by atoms with Gasteiger partial charge in [0.05, 0.1) is 23.2 Å². The maximum atomic E-state index is 12.2. The molecule has 0 fully saturated rings. The van der Waals surface area contributed by atoms with Gasteiger partial charge in [0.25, 0.3) is 11.6 Å². The summed E-state index contributed by atoms with van der Waals surface area (Å²) in [6.45, 7) is 0. The molecule has 2 aromatic carbocycles. The number of para-hydroxylation sites is 1. The van der Waals surface area contributed by atoms with Gasteiger partial charge in [0, 0.05) is 22.9 Å². The summed E-state index contributed by atoms with van der Waals surface area (Å²) in [5.74, 6) is -0.895. The molecule has 1 heterocycles. The van der Waals surface area contributed by atoms with Crippen molar-refractivity contribution in [3.63, 3.8) is 0 Å². The van der Waals surface area contributed by atoms with E-state index in [4.69, 9.17) is 0 Å². The molecule has 1 aliphatic rings. The first-order chi connectivity index (χ1) is 11.5. The van der Waals surface area contributed by atoms with Crippen molar-refractivity contribution in [2.45, 2.75) is 0 Å². The quantitative estimate of drug-likeness (QED) is 0.405. The van der Waals surface area contributed by atoms with Gasteiger partial charge in [-0.05, 0) is 24.3 Å². The van der Waals surface area contributed by atoms with Crippen molar-refractivity contribution >= 4 is 34.9 Å². The number of esters is 1. The lowest BCUT2D eigenvalue weighted by molar-refractivity contribution is -0.385. The van der Waals surface area contributed by atoms with Gasteiger partial charge in [-0.15, -0.1) is 0 Å². The molecule has 0 aromatic heterocycles. The van der Waals surface area contributed by atoms with Crippen LogP contribution in [-0.4, -0.2) is 23.9 Å². The van der Waals surface area contributed by atoms with E-state index in [1.54, 1.807) is 24.3 Å². The van der Waals surface area contributed by atoms with Crippen molar-refractivity contribution in [3.8, 4) is 0 Å². The molecule has 0 bridgehead atoms. The highest BCUT2D eigenvalue weighted by Crippen LogP contribution is 2.35. The number of carbonyl (C=O) groups is 2. The average Bonchev–Trinajstić information content (AvgIpc) is 2.89. The molecule has 120 valence electrons. The topological polar surface area (TPSA) is 98.5 Å². The number of nitrogens with zero attached hydrogens (tertiary/aromatic N) is 1. The first kappa shape index (κ1) is 15.4. The normalized spacial score (nSPS) is 14.2. The Balaban J connectivity index is 2.08. The Morgan fingerprint density at radius 2 is 2.00 bits per heavy atom. The molecular weight excluding hydrogens is 312 g/mol. The Hall–Kier alpha value is -3.48. The number of benzene rings is 2. The van der Waals surface area contributed by atoms with Gasteiger partial charge in [-0.25, -0.2) is 4.79 Å². The molecule has 0 aliphatic carbocycles. The van der Waals surface area contributed by atoms with Crippen LogP contribution in [0, 0.1) is 10.1 Å². The van der Waals surface area contributed by atoms with Crippen molar-refractivity contribution in [2.24, 2.45) is 0 Å². The van der Waals surface area contributed by atoms with Crippen molar-refractivity contribution in [2.75, 3.05) is 12.4 Å². The van der Waals surface area contributed by atoms with Crippen LogP contribution < -0.4 is 5.32 Å². The average molecular weight is 324 g/mol. The number of hydrogen-bond donors (Lipinski definition) is 1. The highest BCUT2D eigenvalue weighted by Gasteiger charge is 2.26. The van der Waals surface area contributed by atoms with Crippen molar-refractivity contribution < 1.29 is 19.2 Å². The first-order valence-corrected chi connectivity index (χ1v) is 7.00. The number of nitro benzene ring substituents is 1. The summed E-state index contributed by atoms with van der Waals surface area (Å²) in [4.78, 5) is 34.4. The van der Waals surface area contributed by atoms with E-state index < -0.39 is 10.9 Å². The Morgan fingerprint density at radius 3 is 2.71 bits per heavy atom. The summed E-state index contributed by atoms with van der Waals surface area (Å²) in [5, 5.41) is 13.8. The van der Waals surface area contributed by atoms with Gasteiger partial charge in [0.2, 0.25) is 0 Å². The molecule has 24 heavy (non-hydrogen) atoms. The molecule has 0 saturated carbocycles. The van der Waals surface area contributed by atoms with Gasteiger partial charge in [0.15, 0.2) is 0 Å². The Kier molecular flexibility index (Phi) is 3.83. The smallest absolute Gasteiger partial charge is 0.337 e. The lowest BCUT2D eigenvalue weighted by Gasteiger charge is -2.03. The first-order valence-electron chi connectivity index (χ1n) is 7.00. The zero-order valence-corrected chi connectivity index (χ0v) is 12.6. The number of ether oxygens (including phenoxy) is 1. The second kappa shape index (κ2) is 5.96. The Morgan fingerprint density at radius 1 is 1.25 bits per heavy atom. The third-order valence-electron chi connectivity index (χ3n) is 3.66. The van der Waals surface area contributed by atoms with Crippen molar-refractivity contribution in [1.29, 1.82) is 0 Å². The number of anilines is 1. The molecule has 7 nitrogen and oxygen atoms in total. The number of fused-ring (bicyclic) bond motifs is 1. The zero-order chi connectivity index (χ0) is 17.3. The molecular formula is C17H12N2O5. The van der Waals surface area contributed by atoms with Gasteiger partial charge >= 0.3 is 5.97 Å². The molecule has 0 saturated heterocycles. The van der Waals surface area contributed by atoms with E-state index in [0.717, 1.165) is 0 Å². The summed E-state index contributed by atoms with van der Waals surface area (Å²) in [5.41, 5.74) is 1.90. The van der Waals surface area contributed by atoms with Gasteiger partial charge in [0.1, 0.15) is 0 Å².